The van der Waals surface area contributed by atoms with E-state index in [-0.39, 0.29) is 41.2 Å². The van der Waals surface area contributed by atoms with Crippen LogP contribution in [0.15, 0.2) is 22.3 Å². The van der Waals surface area contributed by atoms with Crippen LogP contribution in [0.1, 0.15) is 86.0 Å². The number of carbonyl (C=O) groups excluding carboxylic acids is 1. The van der Waals surface area contributed by atoms with E-state index in [1.165, 1.54) is 35.1 Å². The van der Waals surface area contributed by atoms with Crippen molar-refractivity contribution < 1.29 is 19.4 Å². The third kappa shape index (κ3) is 2.16. The molecule has 0 aromatic heterocycles. The number of carboxylic acid groups (broad SMARTS) is 1. The summed E-state index contributed by atoms with van der Waals surface area (Å²) in [5.74, 6) is 2.16. The molecular formula is C30H40O4. The monoisotopic (exact) mass is 464 g/mol. The number of carbonyl (C=O) groups is 2. The lowest BCUT2D eigenvalue weighted by molar-refractivity contribution is -0.150. The van der Waals surface area contributed by atoms with Crippen molar-refractivity contribution in [3.8, 4) is 0 Å². The third-order valence-corrected chi connectivity index (χ3v) is 12.9. The molecule has 4 saturated carbocycles. The van der Waals surface area contributed by atoms with Crippen LogP contribution in [-0.2, 0) is 14.3 Å². The van der Waals surface area contributed by atoms with Crippen LogP contribution >= 0.6 is 0 Å². The highest BCUT2D eigenvalue weighted by molar-refractivity contribution is 5.84. The van der Waals surface area contributed by atoms with Crippen LogP contribution in [-0.4, -0.2) is 23.1 Å². The van der Waals surface area contributed by atoms with E-state index in [0.717, 1.165) is 38.5 Å². The van der Waals surface area contributed by atoms with Gasteiger partial charge in [-0.2, -0.15) is 0 Å². The first-order chi connectivity index (χ1) is 16.1. The molecule has 0 aromatic carbocycles. The van der Waals surface area contributed by atoms with Gasteiger partial charge in [0.25, 0.3) is 0 Å². The van der Waals surface area contributed by atoms with Gasteiger partial charge in [-0.3, -0.25) is 9.59 Å². The average Bonchev–Trinajstić information content (AvgIpc) is 3.09. The largest absolute Gasteiger partial charge is 0.481 e. The van der Waals surface area contributed by atoms with Crippen molar-refractivity contribution in [1.29, 1.82) is 0 Å². The van der Waals surface area contributed by atoms with Gasteiger partial charge in [0.05, 0.1) is 10.8 Å². The van der Waals surface area contributed by atoms with Crippen molar-refractivity contribution in [2.75, 3.05) is 0 Å². The molecule has 7 rings (SSSR count). The SMILES string of the molecule is CC1=C2[C@@H](CC1)[C@@H](C)CC[C@H]1[C@@H]2OC(=O)[C@@]12C[C@]13C[C@@H]2C(C)=C1[C@@H]1[C@H](CC[C@@H]3C)[C@]1(C)C(=O)O. The van der Waals surface area contributed by atoms with Crippen LogP contribution in [0.25, 0.3) is 0 Å². The lowest BCUT2D eigenvalue weighted by atomic mass is 9.57. The van der Waals surface area contributed by atoms with Crippen LogP contribution < -0.4 is 0 Å². The Labute approximate surface area is 203 Å². The van der Waals surface area contributed by atoms with Gasteiger partial charge in [0.1, 0.15) is 6.10 Å². The zero-order chi connectivity index (χ0) is 23.9. The fourth-order valence-electron chi connectivity index (χ4n) is 11.1. The maximum absolute atomic E-state index is 14.0. The summed E-state index contributed by atoms with van der Waals surface area (Å²) in [6, 6.07) is 0. The summed E-state index contributed by atoms with van der Waals surface area (Å²) in [7, 11) is 0. The predicted octanol–water partition coefficient (Wildman–Crippen LogP) is 6.16. The number of hydrogen-bond donors (Lipinski definition) is 1. The molecule has 184 valence electrons. The Balaban J connectivity index is 1.36. The second-order valence-corrected chi connectivity index (χ2v) is 13.7. The lowest BCUT2D eigenvalue weighted by Gasteiger charge is -2.44. The molecule has 0 radical (unpaired) electrons. The number of hydrogen-bond acceptors (Lipinski definition) is 3. The van der Waals surface area contributed by atoms with Gasteiger partial charge in [-0.1, -0.05) is 30.6 Å². The normalized spacial score (nSPS) is 54.9. The van der Waals surface area contributed by atoms with Crippen LogP contribution in [0.3, 0.4) is 0 Å². The number of esters is 1. The molecule has 2 spiro atoms. The topological polar surface area (TPSA) is 63.6 Å². The molecule has 34 heavy (non-hydrogen) atoms. The molecule has 1 N–H and O–H groups in total. The Hall–Kier alpha value is -1.58. The molecule has 4 heteroatoms. The zero-order valence-electron chi connectivity index (χ0n) is 21.4. The standard InChI is InChI=1S/C30H40O4/c1-14-7-10-20-25(22-15(2)6-9-18(14)22)34-27(33)30(20)13-29-12-21(30)17(4)23(29)24-19(11-8-16(29)3)28(24,5)26(31)32/h14,16,18-21,24-25H,6-13H2,1-5H3,(H,31,32)/t14-,16-,18-,19-,20-,21+,24-,25-,28-,29-,30-/m0/s1. The van der Waals surface area contributed by atoms with Crippen molar-refractivity contribution in [3.63, 3.8) is 0 Å². The number of carboxylic acids is 1. The second-order valence-electron chi connectivity index (χ2n) is 13.7. The molecule has 11 atom stereocenters. The third-order valence-electron chi connectivity index (χ3n) is 12.9. The fraction of sp³-hybridized carbons (Fsp3) is 0.800. The van der Waals surface area contributed by atoms with Crippen molar-refractivity contribution >= 4 is 11.9 Å². The summed E-state index contributed by atoms with van der Waals surface area (Å²) in [4.78, 5) is 26.4. The highest BCUT2D eigenvalue weighted by Crippen LogP contribution is 2.81. The first kappa shape index (κ1) is 21.7. The average molecular weight is 465 g/mol. The van der Waals surface area contributed by atoms with Crippen molar-refractivity contribution in [2.24, 2.45) is 57.7 Å². The van der Waals surface area contributed by atoms with Gasteiger partial charge in [0.15, 0.2) is 0 Å². The summed E-state index contributed by atoms with van der Waals surface area (Å²) in [6.07, 6.45) is 8.68. The quantitative estimate of drug-likeness (QED) is 0.373. The molecule has 7 aliphatic rings. The van der Waals surface area contributed by atoms with Gasteiger partial charge in [0.2, 0.25) is 0 Å². The van der Waals surface area contributed by atoms with E-state index < -0.39 is 16.8 Å². The van der Waals surface area contributed by atoms with E-state index in [1.54, 1.807) is 0 Å². The maximum Gasteiger partial charge on any atom is 0.313 e. The lowest BCUT2D eigenvalue weighted by Crippen LogP contribution is -2.43. The molecule has 1 saturated heterocycles. The predicted molar refractivity (Wildman–Crippen MR) is 129 cm³/mol. The van der Waals surface area contributed by atoms with Crippen LogP contribution in [0.2, 0.25) is 0 Å². The van der Waals surface area contributed by atoms with Gasteiger partial charge >= 0.3 is 11.9 Å². The van der Waals surface area contributed by atoms with E-state index in [2.05, 4.69) is 27.7 Å². The first-order valence-corrected chi connectivity index (χ1v) is 13.9. The number of rotatable bonds is 1. The summed E-state index contributed by atoms with van der Waals surface area (Å²) in [5.41, 5.74) is 4.79. The Morgan fingerprint density at radius 3 is 2.53 bits per heavy atom. The van der Waals surface area contributed by atoms with E-state index in [9.17, 15) is 14.7 Å². The minimum atomic E-state index is -0.627. The summed E-state index contributed by atoms with van der Waals surface area (Å²) in [5, 5.41) is 10.1. The smallest absolute Gasteiger partial charge is 0.313 e. The first-order valence-electron chi connectivity index (χ1n) is 13.9. The van der Waals surface area contributed by atoms with Crippen LogP contribution in [0.5, 0.6) is 0 Å². The minimum absolute atomic E-state index is 0.00822. The maximum atomic E-state index is 14.0. The molecule has 2 bridgehead atoms. The molecule has 4 nitrogen and oxygen atoms in total. The van der Waals surface area contributed by atoms with E-state index in [4.69, 9.17) is 4.74 Å². The highest BCUT2D eigenvalue weighted by atomic mass is 16.6. The Kier molecular flexibility index (Phi) is 4.08. The van der Waals surface area contributed by atoms with Gasteiger partial charge < -0.3 is 9.84 Å². The molecule has 6 aliphatic carbocycles. The van der Waals surface area contributed by atoms with Crippen LogP contribution in [0, 0.1) is 57.7 Å². The van der Waals surface area contributed by atoms with Gasteiger partial charge in [-0.15, -0.1) is 0 Å². The van der Waals surface area contributed by atoms with Gasteiger partial charge in [0, 0.05) is 11.8 Å². The van der Waals surface area contributed by atoms with Crippen LogP contribution in [0.4, 0.5) is 0 Å². The Morgan fingerprint density at radius 2 is 1.79 bits per heavy atom. The van der Waals surface area contributed by atoms with Crippen molar-refractivity contribution in [3.05, 3.63) is 22.3 Å². The van der Waals surface area contributed by atoms with E-state index in [1.807, 2.05) is 6.92 Å². The molecule has 0 aromatic rings. The zero-order valence-corrected chi connectivity index (χ0v) is 21.4. The second kappa shape index (κ2) is 6.40. The minimum Gasteiger partial charge on any atom is -0.481 e. The van der Waals surface area contributed by atoms with Crippen molar-refractivity contribution in [1.82, 2.24) is 0 Å². The number of ether oxygens (including phenoxy) is 1. The molecule has 0 amide bonds. The number of aliphatic carboxylic acids is 1. The highest BCUT2D eigenvalue weighted by Gasteiger charge is 2.79. The molecule has 1 heterocycles. The fourth-order valence-corrected chi connectivity index (χ4v) is 11.1. The summed E-state index contributed by atoms with van der Waals surface area (Å²) in [6.45, 7) is 11.3. The molecule has 5 fully saturated rings. The molecule has 0 unspecified atom stereocenters. The number of allylic oxidation sites excluding steroid dienone is 3. The van der Waals surface area contributed by atoms with E-state index >= 15 is 0 Å². The van der Waals surface area contributed by atoms with Gasteiger partial charge in [-0.25, -0.2) is 0 Å². The number of fused-ring (bicyclic) bond motifs is 8. The molecular weight excluding hydrogens is 424 g/mol. The summed E-state index contributed by atoms with van der Waals surface area (Å²) < 4.78 is 6.46. The summed E-state index contributed by atoms with van der Waals surface area (Å²) >= 11 is 0. The molecule has 1 aliphatic heterocycles. The van der Waals surface area contributed by atoms with Gasteiger partial charge in [-0.05, 0) is 113 Å². The Bertz CT molecular complexity index is 1080. The van der Waals surface area contributed by atoms with Crippen molar-refractivity contribution in [2.45, 2.75) is 92.1 Å². The van der Waals surface area contributed by atoms with E-state index in [0.29, 0.717) is 17.8 Å². The Morgan fingerprint density at radius 1 is 1.06 bits per heavy atom.